The van der Waals surface area contributed by atoms with E-state index in [1.807, 2.05) is 62.4 Å². The van der Waals surface area contributed by atoms with Gasteiger partial charge in [0.1, 0.15) is 11.5 Å². The molecule has 0 saturated carbocycles. The molecule has 0 atom stereocenters. The van der Waals surface area contributed by atoms with Crippen molar-refractivity contribution in [3.05, 3.63) is 88.3 Å². The van der Waals surface area contributed by atoms with E-state index in [4.69, 9.17) is 9.47 Å². The average molecular weight is 446 g/mol. The summed E-state index contributed by atoms with van der Waals surface area (Å²) in [6.07, 6.45) is 0. The summed E-state index contributed by atoms with van der Waals surface area (Å²) < 4.78 is 10.7. The first-order chi connectivity index (χ1) is 15.4. The van der Waals surface area contributed by atoms with Crippen LogP contribution in [0.4, 0.5) is 5.69 Å². The van der Waals surface area contributed by atoms with Gasteiger partial charge in [0.25, 0.3) is 11.8 Å². The molecule has 0 N–H and O–H groups in total. The van der Waals surface area contributed by atoms with Crippen LogP contribution in [-0.4, -0.2) is 26.0 Å². The van der Waals surface area contributed by atoms with Crippen molar-refractivity contribution in [2.75, 3.05) is 19.1 Å². The molecule has 0 bridgehead atoms. The lowest BCUT2D eigenvalue weighted by Gasteiger charge is -2.19. The Morgan fingerprint density at radius 1 is 0.812 bits per heavy atom. The Hall–Kier alpha value is -3.51. The molecule has 0 spiro atoms. The Morgan fingerprint density at radius 2 is 1.56 bits per heavy atom. The summed E-state index contributed by atoms with van der Waals surface area (Å²) in [7, 11) is 3.05. The Morgan fingerprint density at radius 3 is 2.22 bits per heavy atom. The third-order valence-electron chi connectivity index (χ3n) is 5.28. The van der Waals surface area contributed by atoms with Crippen molar-refractivity contribution in [1.82, 2.24) is 0 Å². The zero-order valence-electron chi connectivity index (χ0n) is 18.3. The van der Waals surface area contributed by atoms with Crippen molar-refractivity contribution in [2.45, 2.75) is 18.7 Å². The van der Waals surface area contributed by atoms with Gasteiger partial charge in [-0.2, -0.15) is 0 Å². The lowest BCUT2D eigenvalue weighted by molar-refractivity contribution is -0.119. The quantitative estimate of drug-likeness (QED) is 0.476. The number of amides is 2. The summed E-state index contributed by atoms with van der Waals surface area (Å²) in [5, 5.41) is 0. The Kier molecular flexibility index (Phi) is 6.06. The topological polar surface area (TPSA) is 55.8 Å². The Bertz CT molecular complexity index is 1230. The molecule has 0 aliphatic carbocycles. The molecule has 4 rings (SSSR count). The maximum Gasteiger partial charge on any atom is 0.273 e. The van der Waals surface area contributed by atoms with E-state index in [0.717, 1.165) is 21.6 Å². The number of thioether (sulfide) groups is 1. The van der Waals surface area contributed by atoms with Gasteiger partial charge in [-0.15, -0.1) is 0 Å². The first-order valence-electron chi connectivity index (χ1n) is 10.1. The summed E-state index contributed by atoms with van der Waals surface area (Å²) in [4.78, 5) is 29.8. The molecule has 3 aromatic rings. The molecular weight excluding hydrogens is 422 g/mol. The lowest BCUT2D eigenvalue weighted by Crippen LogP contribution is -2.31. The fraction of sp³-hybridized carbons (Fsp3) is 0.154. The van der Waals surface area contributed by atoms with Crippen LogP contribution < -0.4 is 14.4 Å². The van der Waals surface area contributed by atoms with Gasteiger partial charge in [0, 0.05) is 11.0 Å². The van der Waals surface area contributed by atoms with Crippen molar-refractivity contribution in [3.63, 3.8) is 0 Å². The fourth-order valence-electron chi connectivity index (χ4n) is 3.73. The molecule has 162 valence electrons. The number of aryl methyl sites for hydroxylation is 2. The zero-order chi connectivity index (χ0) is 22.8. The van der Waals surface area contributed by atoms with E-state index < -0.39 is 0 Å². The lowest BCUT2D eigenvalue weighted by atomic mass is 9.98. The van der Waals surface area contributed by atoms with Crippen molar-refractivity contribution in [2.24, 2.45) is 0 Å². The summed E-state index contributed by atoms with van der Waals surface area (Å²) in [6, 6.07) is 20.5. The van der Waals surface area contributed by atoms with E-state index in [0.29, 0.717) is 27.7 Å². The van der Waals surface area contributed by atoms with Crippen molar-refractivity contribution >= 4 is 34.8 Å². The van der Waals surface area contributed by atoms with E-state index in [-0.39, 0.29) is 11.8 Å². The van der Waals surface area contributed by atoms with Crippen LogP contribution in [0.1, 0.15) is 16.7 Å². The average Bonchev–Trinajstić information content (AvgIpc) is 3.03. The number of ether oxygens (including phenoxy) is 2. The number of hydrogen-bond acceptors (Lipinski definition) is 5. The van der Waals surface area contributed by atoms with Gasteiger partial charge < -0.3 is 9.47 Å². The summed E-state index contributed by atoms with van der Waals surface area (Å²) in [5.41, 5.74) is 3.57. The minimum atomic E-state index is -0.373. The van der Waals surface area contributed by atoms with E-state index >= 15 is 0 Å². The summed E-state index contributed by atoms with van der Waals surface area (Å²) >= 11 is 1.30. The number of carbonyl (C=O) groups is 2. The third kappa shape index (κ3) is 3.89. The van der Waals surface area contributed by atoms with Gasteiger partial charge in [-0.1, -0.05) is 53.7 Å². The fourth-order valence-corrected chi connectivity index (χ4v) is 4.74. The van der Waals surface area contributed by atoms with Gasteiger partial charge in [-0.3, -0.25) is 9.59 Å². The largest absolute Gasteiger partial charge is 0.497 e. The van der Waals surface area contributed by atoms with Crippen LogP contribution in [-0.2, 0) is 9.59 Å². The number of rotatable bonds is 6. The highest BCUT2D eigenvalue weighted by Gasteiger charge is 2.42. The molecule has 6 heteroatoms. The highest BCUT2D eigenvalue weighted by Crippen LogP contribution is 2.44. The second-order valence-corrected chi connectivity index (χ2v) is 8.50. The first-order valence-corrected chi connectivity index (χ1v) is 10.9. The third-order valence-corrected chi connectivity index (χ3v) is 6.37. The van der Waals surface area contributed by atoms with E-state index in [9.17, 15) is 9.59 Å². The first kappa shape index (κ1) is 21.7. The molecule has 3 aromatic carbocycles. The number of anilines is 1. The maximum absolute atomic E-state index is 13.7. The SMILES string of the molecule is COc1ccc(N2C(=O)C(Sc3ccccc3)=C(c3ccc(C)cc3C)C2=O)c(OC)c1. The number of carbonyl (C=O) groups excluding carboxylic acids is 2. The van der Waals surface area contributed by atoms with Crippen LogP contribution in [0.3, 0.4) is 0 Å². The minimum Gasteiger partial charge on any atom is -0.497 e. The van der Waals surface area contributed by atoms with Crippen LogP contribution in [0.2, 0.25) is 0 Å². The standard InChI is InChI=1S/C26H23NO4S/c1-16-10-12-20(17(2)14-16)23-24(32-19-8-6-5-7-9-19)26(29)27(25(23)28)21-13-11-18(30-3)15-22(21)31-4/h5-15H,1-4H3. The predicted octanol–water partition coefficient (Wildman–Crippen LogP) is 5.40. The van der Waals surface area contributed by atoms with Gasteiger partial charge in [0.2, 0.25) is 0 Å². The van der Waals surface area contributed by atoms with Gasteiger partial charge in [-0.25, -0.2) is 4.90 Å². The van der Waals surface area contributed by atoms with E-state index in [1.54, 1.807) is 25.3 Å². The number of nitrogens with zero attached hydrogens (tertiary/aromatic N) is 1. The second kappa shape index (κ2) is 8.93. The molecule has 0 fully saturated rings. The molecule has 0 saturated heterocycles. The zero-order valence-corrected chi connectivity index (χ0v) is 19.2. The van der Waals surface area contributed by atoms with Crippen molar-refractivity contribution in [1.29, 1.82) is 0 Å². The molecule has 2 amide bonds. The van der Waals surface area contributed by atoms with Crippen LogP contribution in [0, 0.1) is 13.8 Å². The van der Waals surface area contributed by atoms with Gasteiger partial charge in [-0.05, 0) is 49.2 Å². The molecule has 1 aliphatic rings. The highest BCUT2D eigenvalue weighted by molar-refractivity contribution is 8.04. The Balaban J connectivity index is 1.87. The van der Waals surface area contributed by atoms with Crippen molar-refractivity contribution < 1.29 is 19.1 Å². The molecule has 5 nitrogen and oxygen atoms in total. The van der Waals surface area contributed by atoms with Gasteiger partial charge >= 0.3 is 0 Å². The molecule has 0 unspecified atom stereocenters. The van der Waals surface area contributed by atoms with E-state index in [1.165, 1.54) is 23.8 Å². The molecular formula is C26H23NO4S. The molecule has 0 radical (unpaired) electrons. The van der Waals surface area contributed by atoms with Crippen LogP contribution in [0.5, 0.6) is 11.5 Å². The second-order valence-electron chi connectivity index (χ2n) is 7.42. The summed E-state index contributed by atoms with van der Waals surface area (Å²) in [6.45, 7) is 3.95. The van der Waals surface area contributed by atoms with Crippen molar-refractivity contribution in [3.8, 4) is 11.5 Å². The van der Waals surface area contributed by atoms with Gasteiger partial charge in [0.15, 0.2) is 0 Å². The number of benzene rings is 3. The van der Waals surface area contributed by atoms with Crippen LogP contribution >= 0.6 is 11.8 Å². The van der Waals surface area contributed by atoms with E-state index in [2.05, 4.69) is 0 Å². The predicted molar refractivity (Wildman–Crippen MR) is 127 cm³/mol. The molecule has 32 heavy (non-hydrogen) atoms. The summed E-state index contributed by atoms with van der Waals surface area (Å²) in [5.74, 6) is 0.217. The smallest absolute Gasteiger partial charge is 0.273 e. The molecule has 1 aliphatic heterocycles. The van der Waals surface area contributed by atoms with Gasteiger partial charge in [0.05, 0.1) is 30.4 Å². The maximum atomic E-state index is 13.7. The molecule has 1 heterocycles. The number of imide groups is 1. The Labute approximate surface area is 191 Å². The van der Waals surface area contributed by atoms with Crippen LogP contribution in [0.15, 0.2) is 76.5 Å². The van der Waals surface area contributed by atoms with Crippen LogP contribution in [0.25, 0.3) is 5.57 Å². The molecule has 0 aromatic heterocycles. The highest BCUT2D eigenvalue weighted by atomic mass is 32.2. The minimum absolute atomic E-state index is 0.371. The number of hydrogen-bond donors (Lipinski definition) is 0. The monoisotopic (exact) mass is 445 g/mol. The normalized spacial score (nSPS) is 13.7. The number of methoxy groups -OCH3 is 2.